The van der Waals surface area contributed by atoms with E-state index in [2.05, 4.69) is 4.99 Å². The Balaban J connectivity index is 1.94. The topological polar surface area (TPSA) is 64.9 Å². The molecule has 0 amide bonds. The Labute approximate surface area is 102 Å². The summed E-state index contributed by atoms with van der Waals surface area (Å²) in [4.78, 5) is 15.7. The molecule has 0 unspecified atom stereocenters. The third kappa shape index (κ3) is 1.86. The van der Waals surface area contributed by atoms with E-state index in [4.69, 9.17) is 13.6 Å². The van der Waals surface area contributed by atoms with Gasteiger partial charge in [-0.1, -0.05) is 0 Å². The Morgan fingerprint density at radius 1 is 1.28 bits per heavy atom. The van der Waals surface area contributed by atoms with Crippen molar-refractivity contribution in [1.29, 1.82) is 0 Å². The number of ether oxygens (including phenoxy) is 1. The summed E-state index contributed by atoms with van der Waals surface area (Å²) in [5.41, 5.74) is 0.191. The summed E-state index contributed by atoms with van der Waals surface area (Å²) in [6.07, 6.45) is 3.02. The molecule has 0 fully saturated rings. The standard InChI is InChI=1S/C13H9NO4/c1-8-4-5-9(17-8)7-10-13(15)18-12(14-10)11-3-2-6-16-11/h2-7H,1H3. The number of carbonyl (C=O) groups excluding carboxylic acids is 1. The molecule has 3 heterocycles. The number of aliphatic imine (C=N–C) groups is 1. The first-order valence-corrected chi connectivity index (χ1v) is 5.35. The van der Waals surface area contributed by atoms with Crippen LogP contribution >= 0.6 is 0 Å². The molecule has 0 radical (unpaired) electrons. The third-order valence-electron chi connectivity index (χ3n) is 2.39. The van der Waals surface area contributed by atoms with E-state index in [1.165, 1.54) is 12.3 Å². The van der Waals surface area contributed by atoms with Gasteiger partial charge in [-0.2, -0.15) is 0 Å². The minimum absolute atomic E-state index is 0.166. The maximum Gasteiger partial charge on any atom is 0.364 e. The molecule has 2 aromatic heterocycles. The summed E-state index contributed by atoms with van der Waals surface area (Å²) in [6, 6.07) is 6.94. The number of aryl methyl sites for hydroxylation is 1. The lowest BCUT2D eigenvalue weighted by molar-refractivity contribution is -0.130. The van der Waals surface area contributed by atoms with Crippen LogP contribution in [0, 0.1) is 6.92 Å². The lowest BCUT2D eigenvalue weighted by atomic mass is 10.3. The number of cyclic esters (lactones) is 1. The van der Waals surface area contributed by atoms with Crippen molar-refractivity contribution in [2.75, 3.05) is 0 Å². The average Bonchev–Trinajstić information content (AvgIpc) is 3.02. The first kappa shape index (κ1) is 10.6. The number of furan rings is 2. The second-order valence-electron chi connectivity index (χ2n) is 3.76. The zero-order valence-corrected chi connectivity index (χ0v) is 9.54. The van der Waals surface area contributed by atoms with E-state index in [1.807, 2.05) is 13.0 Å². The Bertz CT molecular complexity index is 646. The molecule has 5 heteroatoms. The molecule has 0 N–H and O–H groups in total. The van der Waals surface area contributed by atoms with Gasteiger partial charge in [0.25, 0.3) is 5.90 Å². The predicted octanol–water partition coefficient (Wildman–Crippen LogP) is 2.53. The van der Waals surface area contributed by atoms with Gasteiger partial charge in [0.05, 0.1) is 6.26 Å². The second-order valence-corrected chi connectivity index (χ2v) is 3.76. The number of rotatable bonds is 2. The van der Waals surface area contributed by atoms with Crippen LogP contribution in [0.4, 0.5) is 0 Å². The fourth-order valence-corrected chi connectivity index (χ4v) is 1.58. The number of nitrogens with zero attached hydrogens (tertiary/aromatic N) is 1. The summed E-state index contributed by atoms with van der Waals surface area (Å²) in [5.74, 6) is 1.39. The predicted molar refractivity (Wildman–Crippen MR) is 62.8 cm³/mol. The van der Waals surface area contributed by atoms with Gasteiger partial charge in [0.2, 0.25) is 0 Å². The van der Waals surface area contributed by atoms with Crippen molar-refractivity contribution in [3.05, 3.63) is 53.5 Å². The van der Waals surface area contributed by atoms with E-state index in [-0.39, 0.29) is 11.6 Å². The summed E-state index contributed by atoms with van der Waals surface area (Å²) in [6.45, 7) is 1.83. The van der Waals surface area contributed by atoms with Crippen LogP contribution in [0.15, 0.2) is 50.1 Å². The molecule has 2 aromatic rings. The van der Waals surface area contributed by atoms with Gasteiger partial charge in [-0.25, -0.2) is 9.79 Å². The Morgan fingerprint density at radius 2 is 2.17 bits per heavy atom. The van der Waals surface area contributed by atoms with Crippen LogP contribution in [0.1, 0.15) is 17.3 Å². The molecule has 0 spiro atoms. The SMILES string of the molecule is Cc1ccc(C=C2N=C(c3ccco3)OC2=O)o1. The molecule has 90 valence electrons. The molecule has 5 nitrogen and oxygen atoms in total. The highest BCUT2D eigenvalue weighted by atomic mass is 16.6. The molecular formula is C13H9NO4. The summed E-state index contributed by atoms with van der Waals surface area (Å²) < 4.78 is 15.5. The lowest BCUT2D eigenvalue weighted by Crippen LogP contribution is -2.04. The van der Waals surface area contributed by atoms with E-state index < -0.39 is 5.97 Å². The van der Waals surface area contributed by atoms with Crippen LogP contribution in [0.25, 0.3) is 6.08 Å². The Morgan fingerprint density at radius 3 is 2.83 bits per heavy atom. The minimum atomic E-state index is -0.518. The van der Waals surface area contributed by atoms with Crippen LogP contribution in [0.3, 0.4) is 0 Å². The van der Waals surface area contributed by atoms with Gasteiger partial charge in [-0.3, -0.25) is 0 Å². The van der Waals surface area contributed by atoms with E-state index in [0.29, 0.717) is 11.5 Å². The van der Waals surface area contributed by atoms with Gasteiger partial charge >= 0.3 is 5.97 Å². The van der Waals surface area contributed by atoms with Gasteiger partial charge in [0.15, 0.2) is 11.5 Å². The zero-order valence-electron chi connectivity index (χ0n) is 9.54. The van der Waals surface area contributed by atoms with Gasteiger partial charge in [-0.05, 0) is 31.2 Å². The number of hydrogen-bond donors (Lipinski definition) is 0. The number of esters is 1. The minimum Gasteiger partial charge on any atom is -0.462 e. The normalized spacial score (nSPS) is 17.1. The van der Waals surface area contributed by atoms with Crippen LogP contribution in [-0.4, -0.2) is 11.9 Å². The molecule has 1 aliphatic heterocycles. The molecule has 0 atom stereocenters. The monoisotopic (exact) mass is 243 g/mol. The average molecular weight is 243 g/mol. The van der Waals surface area contributed by atoms with Crippen molar-refractivity contribution >= 4 is 17.9 Å². The van der Waals surface area contributed by atoms with E-state index in [0.717, 1.165) is 5.76 Å². The first-order chi connectivity index (χ1) is 8.72. The van der Waals surface area contributed by atoms with E-state index in [9.17, 15) is 4.79 Å². The Hall–Kier alpha value is -2.56. The van der Waals surface area contributed by atoms with Gasteiger partial charge in [-0.15, -0.1) is 0 Å². The van der Waals surface area contributed by atoms with Crippen LogP contribution in [-0.2, 0) is 9.53 Å². The largest absolute Gasteiger partial charge is 0.462 e. The molecule has 0 saturated heterocycles. The van der Waals surface area contributed by atoms with Crippen molar-refractivity contribution in [2.45, 2.75) is 6.92 Å². The van der Waals surface area contributed by atoms with E-state index >= 15 is 0 Å². The van der Waals surface area contributed by atoms with Crippen molar-refractivity contribution in [2.24, 2.45) is 4.99 Å². The lowest BCUT2D eigenvalue weighted by Gasteiger charge is -1.92. The van der Waals surface area contributed by atoms with Crippen molar-refractivity contribution in [3.8, 4) is 0 Å². The van der Waals surface area contributed by atoms with Crippen molar-refractivity contribution in [1.82, 2.24) is 0 Å². The Kier molecular flexibility index (Phi) is 2.37. The maximum atomic E-state index is 11.6. The third-order valence-corrected chi connectivity index (χ3v) is 2.39. The highest BCUT2D eigenvalue weighted by molar-refractivity contribution is 6.11. The second kappa shape index (κ2) is 4.03. The van der Waals surface area contributed by atoms with Crippen LogP contribution in [0.5, 0.6) is 0 Å². The number of carbonyl (C=O) groups is 1. The molecular weight excluding hydrogens is 234 g/mol. The summed E-state index contributed by atoms with van der Waals surface area (Å²) in [5, 5.41) is 0. The molecule has 3 rings (SSSR count). The quantitative estimate of drug-likeness (QED) is 0.600. The summed E-state index contributed by atoms with van der Waals surface area (Å²) >= 11 is 0. The van der Waals surface area contributed by atoms with Crippen LogP contribution in [0.2, 0.25) is 0 Å². The fraction of sp³-hybridized carbons (Fsp3) is 0.0769. The van der Waals surface area contributed by atoms with Gasteiger partial charge < -0.3 is 13.6 Å². The molecule has 1 aliphatic rings. The maximum absolute atomic E-state index is 11.6. The zero-order chi connectivity index (χ0) is 12.5. The van der Waals surface area contributed by atoms with Crippen LogP contribution < -0.4 is 0 Å². The molecule has 18 heavy (non-hydrogen) atoms. The van der Waals surface area contributed by atoms with Crippen molar-refractivity contribution in [3.63, 3.8) is 0 Å². The highest BCUT2D eigenvalue weighted by Gasteiger charge is 2.26. The molecule has 0 aliphatic carbocycles. The smallest absolute Gasteiger partial charge is 0.364 e. The van der Waals surface area contributed by atoms with Crippen molar-refractivity contribution < 1.29 is 18.4 Å². The summed E-state index contributed by atoms with van der Waals surface area (Å²) in [7, 11) is 0. The van der Waals surface area contributed by atoms with E-state index in [1.54, 1.807) is 18.2 Å². The highest BCUT2D eigenvalue weighted by Crippen LogP contribution is 2.20. The molecule has 0 bridgehead atoms. The molecule has 0 saturated carbocycles. The van der Waals surface area contributed by atoms with Gasteiger partial charge in [0.1, 0.15) is 11.5 Å². The fourth-order valence-electron chi connectivity index (χ4n) is 1.58. The molecule has 0 aromatic carbocycles. The first-order valence-electron chi connectivity index (χ1n) is 5.35. The number of hydrogen-bond acceptors (Lipinski definition) is 5. The van der Waals surface area contributed by atoms with Gasteiger partial charge in [0, 0.05) is 6.08 Å².